The molecule has 144 valence electrons. The maximum atomic E-state index is 5.93. The summed E-state index contributed by atoms with van der Waals surface area (Å²) >= 11 is 0. The van der Waals surface area contributed by atoms with Gasteiger partial charge in [0, 0.05) is 58.9 Å². The van der Waals surface area contributed by atoms with Crippen molar-refractivity contribution < 1.29 is 9.47 Å². The number of halogens is 1. The number of likely N-dealkylation sites (tertiary alicyclic amines) is 1. The smallest absolute Gasteiger partial charge is 0.193 e. The molecule has 0 bridgehead atoms. The van der Waals surface area contributed by atoms with E-state index in [4.69, 9.17) is 14.5 Å². The first-order valence-corrected chi connectivity index (χ1v) is 8.93. The minimum atomic E-state index is 0. The summed E-state index contributed by atoms with van der Waals surface area (Å²) in [6, 6.07) is 0. The first-order chi connectivity index (χ1) is 11.8. The Hall–Kier alpha value is -0.870. The zero-order valence-corrected chi connectivity index (χ0v) is 17.7. The summed E-state index contributed by atoms with van der Waals surface area (Å²) in [4.78, 5) is 11.1. The van der Waals surface area contributed by atoms with Crippen LogP contribution in [0.1, 0.15) is 26.2 Å². The standard InChI is InChI=1S/C17H31N5O2.HI/c1-3-19-17(20-8-12-21-11-7-18-15-21)22-9-5-16(6-10-22)24-14-4-13-23-2;/h7,11,15-16H,3-6,8-10,12-14H2,1-2H3,(H,19,20);1H. The highest BCUT2D eigenvalue weighted by Gasteiger charge is 2.21. The lowest BCUT2D eigenvalue weighted by molar-refractivity contribution is 0.00990. The summed E-state index contributed by atoms with van der Waals surface area (Å²) < 4.78 is 13.0. The Bertz CT molecular complexity index is 462. The molecule has 2 rings (SSSR count). The largest absolute Gasteiger partial charge is 0.385 e. The Morgan fingerprint density at radius 3 is 2.76 bits per heavy atom. The maximum Gasteiger partial charge on any atom is 0.193 e. The van der Waals surface area contributed by atoms with Crippen LogP contribution < -0.4 is 5.32 Å². The van der Waals surface area contributed by atoms with Gasteiger partial charge in [-0.1, -0.05) is 0 Å². The van der Waals surface area contributed by atoms with E-state index in [-0.39, 0.29) is 24.0 Å². The molecule has 2 heterocycles. The Labute approximate surface area is 168 Å². The number of hydrogen-bond acceptors (Lipinski definition) is 4. The van der Waals surface area contributed by atoms with E-state index in [0.717, 1.165) is 71.2 Å². The first-order valence-electron chi connectivity index (χ1n) is 8.93. The van der Waals surface area contributed by atoms with Crippen molar-refractivity contribution in [1.29, 1.82) is 0 Å². The zero-order chi connectivity index (χ0) is 17.0. The van der Waals surface area contributed by atoms with Gasteiger partial charge in [-0.3, -0.25) is 4.99 Å². The predicted octanol–water partition coefficient (Wildman–Crippen LogP) is 1.98. The molecule has 0 saturated carbocycles. The number of aliphatic imine (C=N–C) groups is 1. The van der Waals surface area contributed by atoms with Crippen molar-refractivity contribution in [2.75, 3.05) is 46.5 Å². The average Bonchev–Trinajstić information content (AvgIpc) is 3.12. The van der Waals surface area contributed by atoms with E-state index in [0.29, 0.717) is 6.10 Å². The second-order valence-corrected chi connectivity index (χ2v) is 5.94. The van der Waals surface area contributed by atoms with Gasteiger partial charge < -0.3 is 24.3 Å². The van der Waals surface area contributed by atoms with Gasteiger partial charge >= 0.3 is 0 Å². The fourth-order valence-electron chi connectivity index (χ4n) is 2.80. The van der Waals surface area contributed by atoms with Crippen molar-refractivity contribution in [3.8, 4) is 0 Å². The van der Waals surface area contributed by atoms with Crippen LogP contribution in [0.2, 0.25) is 0 Å². The lowest BCUT2D eigenvalue weighted by Crippen LogP contribution is -2.47. The Balaban J connectivity index is 0.00000312. The molecule has 1 saturated heterocycles. The molecule has 7 nitrogen and oxygen atoms in total. The second-order valence-electron chi connectivity index (χ2n) is 5.94. The van der Waals surface area contributed by atoms with Crippen LogP contribution in [0.15, 0.2) is 23.7 Å². The van der Waals surface area contributed by atoms with Gasteiger partial charge in [-0.15, -0.1) is 24.0 Å². The van der Waals surface area contributed by atoms with Crippen LogP contribution in [0.3, 0.4) is 0 Å². The van der Waals surface area contributed by atoms with Gasteiger partial charge in [-0.05, 0) is 26.2 Å². The van der Waals surface area contributed by atoms with E-state index in [1.54, 1.807) is 13.3 Å². The highest BCUT2D eigenvalue weighted by Crippen LogP contribution is 2.14. The molecule has 0 unspecified atom stereocenters. The van der Waals surface area contributed by atoms with Gasteiger partial charge in [-0.25, -0.2) is 4.98 Å². The third kappa shape index (κ3) is 8.37. The van der Waals surface area contributed by atoms with Crippen LogP contribution in [-0.2, 0) is 16.0 Å². The number of piperidine rings is 1. The molecule has 0 spiro atoms. The number of hydrogen-bond donors (Lipinski definition) is 1. The number of nitrogens with one attached hydrogen (secondary N) is 1. The lowest BCUT2D eigenvalue weighted by atomic mass is 10.1. The van der Waals surface area contributed by atoms with E-state index in [1.165, 1.54) is 0 Å². The molecular formula is C17H32IN5O2. The number of rotatable bonds is 9. The van der Waals surface area contributed by atoms with Crippen molar-refractivity contribution >= 4 is 29.9 Å². The van der Waals surface area contributed by atoms with Crippen LogP contribution in [0, 0.1) is 0 Å². The van der Waals surface area contributed by atoms with Crippen molar-refractivity contribution in [2.24, 2.45) is 4.99 Å². The fourth-order valence-corrected chi connectivity index (χ4v) is 2.80. The highest BCUT2D eigenvalue weighted by atomic mass is 127. The van der Waals surface area contributed by atoms with E-state index < -0.39 is 0 Å². The molecule has 0 aliphatic carbocycles. The van der Waals surface area contributed by atoms with E-state index in [9.17, 15) is 0 Å². The van der Waals surface area contributed by atoms with Crippen molar-refractivity contribution in [1.82, 2.24) is 19.8 Å². The zero-order valence-electron chi connectivity index (χ0n) is 15.4. The molecule has 1 aromatic rings. The molecule has 0 amide bonds. The number of imidazole rings is 1. The van der Waals surface area contributed by atoms with E-state index in [1.807, 2.05) is 17.1 Å². The van der Waals surface area contributed by atoms with Gasteiger partial charge in [0.25, 0.3) is 0 Å². The Kier molecular flexibility index (Phi) is 11.8. The summed E-state index contributed by atoms with van der Waals surface area (Å²) in [6.07, 6.45) is 9.04. The first kappa shape index (κ1) is 22.2. The molecule has 0 atom stereocenters. The summed E-state index contributed by atoms with van der Waals surface area (Å²) in [5.41, 5.74) is 0. The Morgan fingerprint density at radius 2 is 2.12 bits per heavy atom. The van der Waals surface area contributed by atoms with Crippen molar-refractivity contribution in [3.05, 3.63) is 18.7 Å². The van der Waals surface area contributed by atoms with Crippen LogP contribution in [0.25, 0.3) is 0 Å². The molecule has 1 N–H and O–H groups in total. The lowest BCUT2D eigenvalue weighted by Gasteiger charge is -2.34. The van der Waals surface area contributed by atoms with Crippen LogP contribution in [0.4, 0.5) is 0 Å². The molecule has 1 aromatic heterocycles. The summed E-state index contributed by atoms with van der Waals surface area (Å²) in [6.45, 7) is 8.15. The SMILES string of the molecule is CCNC(=NCCn1ccnc1)N1CCC(OCCCOC)CC1.I. The fraction of sp³-hybridized carbons (Fsp3) is 0.765. The normalized spacial score (nSPS) is 15.9. The number of guanidine groups is 1. The topological polar surface area (TPSA) is 63.9 Å². The molecule has 25 heavy (non-hydrogen) atoms. The highest BCUT2D eigenvalue weighted by molar-refractivity contribution is 14.0. The molecule has 8 heteroatoms. The minimum absolute atomic E-state index is 0. The summed E-state index contributed by atoms with van der Waals surface area (Å²) in [5.74, 6) is 1.01. The number of ether oxygens (including phenoxy) is 2. The van der Waals surface area contributed by atoms with E-state index >= 15 is 0 Å². The molecule has 0 aromatic carbocycles. The number of methoxy groups -OCH3 is 1. The van der Waals surface area contributed by atoms with Crippen LogP contribution in [0.5, 0.6) is 0 Å². The van der Waals surface area contributed by atoms with Crippen LogP contribution in [-0.4, -0.2) is 73.0 Å². The average molecular weight is 465 g/mol. The van der Waals surface area contributed by atoms with Gasteiger partial charge in [0.15, 0.2) is 5.96 Å². The second kappa shape index (κ2) is 13.3. The summed E-state index contributed by atoms with van der Waals surface area (Å²) in [5, 5.41) is 3.40. The quantitative estimate of drug-likeness (QED) is 0.262. The third-order valence-corrected chi connectivity index (χ3v) is 4.10. The molecule has 1 aliphatic heterocycles. The Morgan fingerprint density at radius 1 is 1.32 bits per heavy atom. The molecular weight excluding hydrogens is 433 g/mol. The van der Waals surface area contributed by atoms with E-state index in [2.05, 4.69) is 22.1 Å². The molecule has 1 fully saturated rings. The third-order valence-electron chi connectivity index (χ3n) is 4.10. The number of aromatic nitrogens is 2. The van der Waals surface area contributed by atoms with Gasteiger partial charge in [0.05, 0.1) is 19.0 Å². The van der Waals surface area contributed by atoms with Gasteiger partial charge in [0.2, 0.25) is 0 Å². The van der Waals surface area contributed by atoms with Gasteiger partial charge in [-0.2, -0.15) is 0 Å². The van der Waals surface area contributed by atoms with Crippen molar-refractivity contribution in [2.45, 2.75) is 38.8 Å². The predicted molar refractivity (Wildman–Crippen MR) is 111 cm³/mol. The molecule has 1 aliphatic rings. The molecule has 0 radical (unpaired) electrons. The minimum Gasteiger partial charge on any atom is -0.385 e. The van der Waals surface area contributed by atoms with Crippen molar-refractivity contribution in [3.63, 3.8) is 0 Å². The maximum absolute atomic E-state index is 5.93. The van der Waals surface area contributed by atoms with Crippen LogP contribution >= 0.6 is 24.0 Å². The van der Waals surface area contributed by atoms with Gasteiger partial charge in [0.1, 0.15) is 0 Å². The summed E-state index contributed by atoms with van der Waals surface area (Å²) in [7, 11) is 1.73. The monoisotopic (exact) mass is 465 g/mol. The number of nitrogens with zero attached hydrogens (tertiary/aromatic N) is 4.